The molecule has 0 spiro atoms. The predicted molar refractivity (Wildman–Crippen MR) is 110 cm³/mol. The van der Waals surface area contributed by atoms with E-state index in [-0.39, 0.29) is 18.5 Å². The van der Waals surface area contributed by atoms with E-state index in [2.05, 4.69) is 16.5 Å². The summed E-state index contributed by atoms with van der Waals surface area (Å²) in [5.41, 5.74) is 4.12. The van der Waals surface area contributed by atoms with Crippen molar-refractivity contribution < 1.29 is 9.21 Å². The van der Waals surface area contributed by atoms with Crippen LogP contribution in [0.4, 0.5) is 5.69 Å². The molecule has 144 valence electrons. The van der Waals surface area contributed by atoms with Gasteiger partial charge in [0.25, 0.3) is 5.91 Å². The maximum Gasteiger partial charge on any atom is 0.262 e. The van der Waals surface area contributed by atoms with E-state index in [1.54, 1.807) is 24.5 Å². The van der Waals surface area contributed by atoms with E-state index < -0.39 is 0 Å². The van der Waals surface area contributed by atoms with Crippen LogP contribution in [0.2, 0.25) is 0 Å². The van der Waals surface area contributed by atoms with Crippen molar-refractivity contribution in [3.8, 4) is 6.07 Å². The number of para-hydroxylation sites is 1. The normalized spacial score (nSPS) is 15.7. The van der Waals surface area contributed by atoms with Gasteiger partial charge in [0.05, 0.1) is 29.8 Å². The van der Waals surface area contributed by atoms with E-state index in [1.165, 1.54) is 10.6 Å². The Morgan fingerprint density at radius 2 is 2.00 bits per heavy atom. The number of nitriles is 1. The first-order valence-electron chi connectivity index (χ1n) is 9.38. The van der Waals surface area contributed by atoms with Crippen LogP contribution in [0.25, 0.3) is 0 Å². The third-order valence-electron chi connectivity index (χ3n) is 4.90. The number of nitrogens with one attached hydrogen (secondary N) is 1. The monoisotopic (exact) mass is 384 g/mol. The van der Waals surface area contributed by atoms with Crippen LogP contribution in [0, 0.1) is 18.3 Å². The van der Waals surface area contributed by atoms with Crippen molar-refractivity contribution in [1.82, 2.24) is 5.01 Å². The van der Waals surface area contributed by atoms with Gasteiger partial charge in [0, 0.05) is 6.42 Å². The Morgan fingerprint density at radius 1 is 1.21 bits per heavy atom. The first-order valence-corrected chi connectivity index (χ1v) is 9.38. The minimum Gasteiger partial charge on any atom is -0.467 e. The first kappa shape index (κ1) is 18.5. The second-order valence-electron chi connectivity index (χ2n) is 6.90. The lowest BCUT2D eigenvalue weighted by molar-refractivity contribution is -0.131. The van der Waals surface area contributed by atoms with Crippen LogP contribution in [0.5, 0.6) is 0 Å². The number of furan rings is 1. The Morgan fingerprint density at radius 3 is 2.72 bits per heavy atom. The van der Waals surface area contributed by atoms with Crippen LogP contribution in [0.1, 0.15) is 34.9 Å². The van der Waals surface area contributed by atoms with Crippen molar-refractivity contribution >= 4 is 17.3 Å². The molecule has 2 aromatic carbocycles. The molecule has 1 amide bonds. The number of hydrogen-bond donors (Lipinski definition) is 1. The standard InChI is InChI=1S/C23H20N4O2/c1-16-8-10-17(11-9-16)20-13-21(22-7-4-12-29-22)27(26-20)23(28)15-25-19-6-3-2-5-18(19)14-24/h2-12,21,25H,13,15H2,1H3/t21-/m0/s1. The van der Waals surface area contributed by atoms with E-state index in [0.29, 0.717) is 23.4 Å². The summed E-state index contributed by atoms with van der Waals surface area (Å²) in [5.74, 6) is 0.503. The molecule has 1 aliphatic heterocycles. The molecule has 3 aromatic rings. The number of hydrogen-bond acceptors (Lipinski definition) is 5. The maximum atomic E-state index is 13.0. The van der Waals surface area contributed by atoms with Gasteiger partial charge in [-0.3, -0.25) is 4.79 Å². The van der Waals surface area contributed by atoms with Gasteiger partial charge in [0.2, 0.25) is 0 Å². The molecule has 6 heteroatoms. The zero-order valence-corrected chi connectivity index (χ0v) is 16.0. The highest BCUT2D eigenvalue weighted by molar-refractivity contribution is 6.03. The molecule has 0 aliphatic carbocycles. The smallest absolute Gasteiger partial charge is 0.262 e. The number of rotatable bonds is 5. The van der Waals surface area contributed by atoms with E-state index >= 15 is 0 Å². The molecule has 2 heterocycles. The highest BCUT2D eigenvalue weighted by atomic mass is 16.3. The lowest BCUT2D eigenvalue weighted by Gasteiger charge is -2.20. The Bertz CT molecular complexity index is 1080. The quantitative estimate of drug-likeness (QED) is 0.713. The SMILES string of the molecule is Cc1ccc(C2=NN(C(=O)CNc3ccccc3C#N)[C@H](c3ccco3)C2)cc1. The summed E-state index contributed by atoms with van der Waals surface area (Å²) in [6.45, 7) is 2.06. The van der Waals surface area contributed by atoms with Gasteiger partial charge in [-0.2, -0.15) is 10.4 Å². The van der Waals surface area contributed by atoms with Crippen molar-refractivity contribution in [2.45, 2.75) is 19.4 Å². The average molecular weight is 384 g/mol. The lowest BCUT2D eigenvalue weighted by atomic mass is 10.0. The Balaban J connectivity index is 1.56. The summed E-state index contributed by atoms with van der Waals surface area (Å²) in [4.78, 5) is 13.0. The number of aryl methyl sites for hydroxylation is 1. The summed E-state index contributed by atoms with van der Waals surface area (Å²) in [6.07, 6.45) is 2.18. The molecule has 0 saturated carbocycles. The predicted octanol–water partition coefficient (Wildman–Crippen LogP) is 4.25. The Kier molecular flexibility index (Phi) is 5.12. The zero-order valence-electron chi connectivity index (χ0n) is 16.0. The Labute approximate surface area is 169 Å². The van der Waals surface area contributed by atoms with Gasteiger partial charge in [-0.25, -0.2) is 5.01 Å². The van der Waals surface area contributed by atoms with Crippen LogP contribution in [-0.2, 0) is 4.79 Å². The van der Waals surface area contributed by atoms with Crippen molar-refractivity contribution in [3.05, 3.63) is 89.4 Å². The highest BCUT2D eigenvalue weighted by Crippen LogP contribution is 2.33. The molecule has 0 saturated heterocycles. The molecule has 0 fully saturated rings. The third-order valence-corrected chi connectivity index (χ3v) is 4.90. The molecular weight excluding hydrogens is 364 g/mol. The van der Waals surface area contributed by atoms with Crippen LogP contribution in [0.15, 0.2) is 76.4 Å². The summed E-state index contributed by atoms with van der Waals surface area (Å²) in [6, 6.07) is 20.7. The van der Waals surface area contributed by atoms with E-state index in [4.69, 9.17) is 4.42 Å². The second-order valence-corrected chi connectivity index (χ2v) is 6.90. The number of amides is 1. The van der Waals surface area contributed by atoms with Crippen molar-refractivity contribution in [1.29, 1.82) is 5.26 Å². The topological polar surface area (TPSA) is 81.6 Å². The van der Waals surface area contributed by atoms with E-state index in [1.807, 2.05) is 49.4 Å². The maximum absolute atomic E-state index is 13.0. The highest BCUT2D eigenvalue weighted by Gasteiger charge is 2.34. The molecule has 1 atom stereocenters. The van der Waals surface area contributed by atoms with Crippen LogP contribution in [0.3, 0.4) is 0 Å². The first-order chi connectivity index (χ1) is 14.2. The molecule has 0 radical (unpaired) electrons. The summed E-state index contributed by atoms with van der Waals surface area (Å²) in [5, 5.41) is 18.4. The van der Waals surface area contributed by atoms with E-state index in [9.17, 15) is 10.1 Å². The molecule has 0 unspecified atom stereocenters. The van der Waals surface area contributed by atoms with Crippen LogP contribution >= 0.6 is 0 Å². The Hall–Kier alpha value is -3.85. The molecule has 1 aliphatic rings. The number of anilines is 1. The van der Waals surface area contributed by atoms with Crippen molar-refractivity contribution in [2.24, 2.45) is 5.10 Å². The van der Waals surface area contributed by atoms with Crippen LogP contribution in [-0.4, -0.2) is 23.2 Å². The lowest BCUT2D eigenvalue weighted by Crippen LogP contribution is -2.32. The van der Waals surface area contributed by atoms with Gasteiger partial charge in [0.1, 0.15) is 17.9 Å². The van der Waals surface area contributed by atoms with Gasteiger partial charge in [-0.15, -0.1) is 0 Å². The zero-order chi connectivity index (χ0) is 20.2. The van der Waals surface area contributed by atoms with Gasteiger partial charge in [0.15, 0.2) is 0 Å². The largest absolute Gasteiger partial charge is 0.467 e. The molecular formula is C23H20N4O2. The van der Waals surface area contributed by atoms with Crippen molar-refractivity contribution in [3.63, 3.8) is 0 Å². The fraction of sp³-hybridized carbons (Fsp3) is 0.174. The van der Waals surface area contributed by atoms with E-state index in [0.717, 1.165) is 11.3 Å². The van der Waals surface area contributed by atoms with Crippen LogP contribution < -0.4 is 5.32 Å². The van der Waals surface area contributed by atoms with Crippen molar-refractivity contribution in [2.75, 3.05) is 11.9 Å². The number of benzene rings is 2. The minimum absolute atomic E-state index is 0.0284. The number of nitrogens with zero attached hydrogens (tertiary/aromatic N) is 3. The molecule has 29 heavy (non-hydrogen) atoms. The summed E-state index contributed by atoms with van der Waals surface area (Å²) in [7, 11) is 0. The number of hydrazone groups is 1. The summed E-state index contributed by atoms with van der Waals surface area (Å²) < 4.78 is 5.57. The third kappa shape index (κ3) is 3.90. The molecule has 6 nitrogen and oxygen atoms in total. The van der Waals surface area contributed by atoms with Gasteiger partial charge in [-0.05, 0) is 36.8 Å². The fourth-order valence-electron chi connectivity index (χ4n) is 3.35. The molecule has 1 N–H and O–H groups in total. The number of carbonyl (C=O) groups is 1. The minimum atomic E-state index is -0.290. The molecule has 0 bridgehead atoms. The number of carbonyl (C=O) groups excluding carboxylic acids is 1. The van der Waals surface area contributed by atoms with Gasteiger partial charge >= 0.3 is 0 Å². The summed E-state index contributed by atoms with van der Waals surface area (Å²) >= 11 is 0. The molecule has 4 rings (SSSR count). The molecule has 1 aromatic heterocycles. The van der Waals surface area contributed by atoms with Gasteiger partial charge < -0.3 is 9.73 Å². The van der Waals surface area contributed by atoms with Gasteiger partial charge in [-0.1, -0.05) is 42.0 Å². The average Bonchev–Trinajstić information content (AvgIpc) is 3.42. The second kappa shape index (κ2) is 8.03. The fourth-order valence-corrected chi connectivity index (χ4v) is 3.35.